The topological polar surface area (TPSA) is 128 Å². The zero-order valence-electron chi connectivity index (χ0n) is 22.9. The Balaban J connectivity index is 1.18. The SMILES string of the molecule is COc1ccc(-c2c(C(=O)O)oc3cc(OCc4ccc(OCc5ccc6ccccc6n5)cc4)cc(O)c3c2=O)cc1. The lowest BCUT2D eigenvalue weighted by molar-refractivity contribution is 0.0664. The summed E-state index contributed by atoms with van der Waals surface area (Å²) in [6.07, 6.45) is 0. The quantitative estimate of drug-likeness (QED) is 0.196. The molecule has 0 fully saturated rings. The zero-order chi connectivity index (χ0) is 29.9. The maximum atomic E-state index is 13.4. The van der Waals surface area contributed by atoms with Crippen LogP contribution in [0.1, 0.15) is 21.8 Å². The third kappa shape index (κ3) is 5.69. The number of carboxylic acids is 1. The molecule has 0 aliphatic heterocycles. The van der Waals surface area contributed by atoms with Crippen molar-refractivity contribution in [1.82, 2.24) is 4.98 Å². The van der Waals surface area contributed by atoms with Crippen LogP contribution in [0, 0.1) is 0 Å². The number of para-hydroxylation sites is 1. The molecule has 0 saturated heterocycles. The summed E-state index contributed by atoms with van der Waals surface area (Å²) in [7, 11) is 1.50. The van der Waals surface area contributed by atoms with Crippen LogP contribution in [0.4, 0.5) is 0 Å². The number of fused-ring (bicyclic) bond motifs is 2. The number of carboxylic acid groups (broad SMARTS) is 1. The molecule has 0 saturated carbocycles. The fraction of sp³-hybridized carbons (Fsp3) is 0.0882. The molecule has 0 radical (unpaired) electrons. The van der Waals surface area contributed by atoms with Crippen LogP contribution in [0.2, 0.25) is 0 Å². The Kier molecular flexibility index (Phi) is 7.36. The van der Waals surface area contributed by atoms with Crippen molar-refractivity contribution in [3.63, 3.8) is 0 Å². The smallest absolute Gasteiger partial charge is 0.372 e. The summed E-state index contributed by atoms with van der Waals surface area (Å²) in [5.74, 6) is -0.958. The van der Waals surface area contributed by atoms with E-state index >= 15 is 0 Å². The molecule has 6 rings (SSSR count). The molecule has 0 aliphatic rings. The van der Waals surface area contributed by atoms with E-state index in [-0.39, 0.29) is 34.6 Å². The van der Waals surface area contributed by atoms with Gasteiger partial charge in [0.05, 0.1) is 23.9 Å². The molecule has 2 aromatic heterocycles. The van der Waals surface area contributed by atoms with Crippen LogP contribution in [0.3, 0.4) is 0 Å². The van der Waals surface area contributed by atoms with Gasteiger partial charge in [0.2, 0.25) is 11.2 Å². The van der Waals surface area contributed by atoms with Crippen LogP contribution in [0.15, 0.2) is 106 Å². The van der Waals surface area contributed by atoms with E-state index in [9.17, 15) is 19.8 Å². The number of ether oxygens (including phenoxy) is 3. The van der Waals surface area contributed by atoms with E-state index < -0.39 is 17.2 Å². The van der Waals surface area contributed by atoms with Gasteiger partial charge in [0, 0.05) is 17.5 Å². The monoisotopic (exact) mass is 575 g/mol. The number of methoxy groups -OCH3 is 1. The average molecular weight is 576 g/mol. The van der Waals surface area contributed by atoms with Gasteiger partial charge >= 0.3 is 5.97 Å². The second kappa shape index (κ2) is 11.6. The van der Waals surface area contributed by atoms with Gasteiger partial charge in [0.15, 0.2) is 0 Å². The minimum absolute atomic E-state index is 0.110. The van der Waals surface area contributed by atoms with Gasteiger partial charge in [0.25, 0.3) is 0 Å². The molecular weight excluding hydrogens is 550 g/mol. The lowest BCUT2D eigenvalue weighted by Gasteiger charge is -2.12. The average Bonchev–Trinajstić information content (AvgIpc) is 3.03. The Morgan fingerprint density at radius 2 is 1.56 bits per heavy atom. The highest BCUT2D eigenvalue weighted by molar-refractivity contribution is 5.98. The van der Waals surface area contributed by atoms with Crippen molar-refractivity contribution < 1.29 is 33.6 Å². The standard InChI is InChI=1S/C34H25NO8/c1-40-24-14-9-22(10-15-24)30-32(37)31-28(36)16-26(17-29(31)43-33(30)34(38)39)41-18-20-6-12-25(13-7-20)42-19-23-11-8-21-4-2-3-5-27(21)35-23/h2-17,36H,18-19H2,1H3,(H,38,39). The lowest BCUT2D eigenvalue weighted by atomic mass is 10.0. The molecule has 0 spiro atoms. The van der Waals surface area contributed by atoms with E-state index in [1.807, 2.05) is 60.7 Å². The second-order valence-corrected chi connectivity index (χ2v) is 9.70. The van der Waals surface area contributed by atoms with Gasteiger partial charge in [0.1, 0.15) is 47.2 Å². The molecule has 2 heterocycles. The molecular formula is C34H25NO8. The lowest BCUT2D eigenvalue weighted by Crippen LogP contribution is -2.13. The third-order valence-electron chi connectivity index (χ3n) is 6.89. The fourth-order valence-electron chi connectivity index (χ4n) is 4.72. The van der Waals surface area contributed by atoms with Gasteiger partial charge in [-0.15, -0.1) is 0 Å². The number of aromatic hydroxyl groups is 1. The molecule has 214 valence electrons. The minimum Gasteiger partial charge on any atom is -0.507 e. The Morgan fingerprint density at radius 1 is 0.837 bits per heavy atom. The van der Waals surface area contributed by atoms with E-state index in [0.29, 0.717) is 23.7 Å². The third-order valence-corrected chi connectivity index (χ3v) is 6.89. The van der Waals surface area contributed by atoms with Gasteiger partial charge in [-0.3, -0.25) is 4.79 Å². The van der Waals surface area contributed by atoms with Crippen molar-refractivity contribution in [3.8, 4) is 34.1 Å². The largest absolute Gasteiger partial charge is 0.507 e. The molecule has 0 bridgehead atoms. The number of benzene rings is 4. The van der Waals surface area contributed by atoms with Crippen LogP contribution in [-0.4, -0.2) is 28.3 Å². The highest BCUT2D eigenvalue weighted by Crippen LogP contribution is 2.33. The Labute approximate surface area is 245 Å². The summed E-state index contributed by atoms with van der Waals surface area (Å²) < 4.78 is 22.5. The van der Waals surface area contributed by atoms with Crippen LogP contribution >= 0.6 is 0 Å². The Morgan fingerprint density at radius 3 is 2.30 bits per heavy atom. The van der Waals surface area contributed by atoms with E-state index in [1.54, 1.807) is 24.3 Å². The van der Waals surface area contributed by atoms with Crippen molar-refractivity contribution in [3.05, 3.63) is 124 Å². The van der Waals surface area contributed by atoms with Gasteiger partial charge < -0.3 is 28.8 Å². The first-order chi connectivity index (χ1) is 20.9. The first-order valence-corrected chi connectivity index (χ1v) is 13.3. The number of hydrogen-bond donors (Lipinski definition) is 2. The molecule has 0 amide bonds. The molecule has 0 aliphatic carbocycles. The summed E-state index contributed by atoms with van der Waals surface area (Å²) in [6.45, 7) is 0.457. The van der Waals surface area contributed by atoms with E-state index in [0.717, 1.165) is 22.2 Å². The van der Waals surface area contributed by atoms with Gasteiger partial charge in [-0.2, -0.15) is 0 Å². The summed E-state index contributed by atoms with van der Waals surface area (Å²) in [5, 5.41) is 21.5. The predicted octanol–water partition coefficient (Wildman–Crippen LogP) is 6.58. The molecule has 2 N–H and O–H groups in total. The van der Waals surface area contributed by atoms with Crippen LogP contribution in [0.25, 0.3) is 33.0 Å². The highest BCUT2D eigenvalue weighted by atomic mass is 16.5. The summed E-state index contributed by atoms with van der Waals surface area (Å²) in [4.78, 5) is 30.0. The predicted molar refractivity (Wildman–Crippen MR) is 160 cm³/mol. The number of aromatic nitrogens is 1. The van der Waals surface area contributed by atoms with E-state index in [1.165, 1.54) is 19.2 Å². The van der Waals surface area contributed by atoms with E-state index in [2.05, 4.69) is 4.98 Å². The molecule has 4 aromatic carbocycles. The summed E-state index contributed by atoms with van der Waals surface area (Å²) in [6, 6.07) is 28.1. The molecule has 43 heavy (non-hydrogen) atoms. The van der Waals surface area contributed by atoms with Crippen molar-refractivity contribution >= 4 is 27.8 Å². The molecule has 9 nitrogen and oxygen atoms in total. The zero-order valence-corrected chi connectivity index (χ0v) is 22.9. The van der Waals surface area contributed by atoms with Crippen LogP contribution in [-0.2, 0) is 13.2 Å². The number of carbonyl (C=O) groups is 1. The first-order valence-electron chi connectivity index (χ1n) is 13.3. The number of phenolic OH excluding ortho intramolecular Hbond substituents is 1. The molecule has 0 unspecified atom stereocenters. The first kappa shape index (κ1) is 27.3. The Hall–Kier alpha value is -5.83. The van der Waals surface area contributed by atoms with E-state index in [4.69, 9.17) is 18.6 Å². The number of aromatic carboxylic acids is 1. The minimum atomic E-state index is -1.42. The number of phenols is 1. The molecule has 0 atom stereocenters. The maximum Gasteiger partial charge on any atom is 0.372 e. The molecule has 9 heteroatoms. The van der Waals surface area contributed by atoms with Crippen molar-refractivity contribution in [1.29, 1.82) is 0 Å². The number of nitrogens with zero attached hydrogens (tertiary/aromatic N) is 1. The van der Waals surface area contributed by atoms with Crippen LogP contribution in [0.5, 0.6) is 23.0 Å². The van der Waals surface area contributed by atoms with Gasteiger partial charge in [-0.1, -0.05) is 48.5 Å². The maximum absolute atomic E-state index is 13.4. The Bertz CT molecular complexity index is 2010. The van der Waals surface area contributed by atoms with Crippen LogP contribution < -0.4 is 19.6 Å². The summed E-state index contributed by atoms with van der Waals surface area (Å²) >= 11 is 0. The van der Waals surface area contributed by atoms with Gasteiger partial charge in [-0.05, 0) is 47.5 Å². The second-order valence-electron chi connectivity index (χ2n) is 9.70. The fourth-order valence-corrected chi connectivity index (χ4v) is 4.72. The molecule has 6 aromatic rings. The number of rotatable bonds is 9. The summed E-state index contributed by atoms with van der Waals surface area (Å²) in [5.41, 5.74) is 1.89. The van der Waals surface area contributed by atoms with Crippen molar-refractivity contribution in [2.75, 3.05) is 7.11 Å². The highest BCUT2D eigenvalue weighted by Gasteiger charge is 2.24. The van der Waals surface area contributed by atoms with Crippen molar-refractivity contribution in [2.24, 2.45) is 0 Å². The number of pyridine rings is 1. The van der Waals surface area contributed by atoms with Gasteiger partial charge in [-0.25, -0.2) is 9.78 Å². The van der Waals surface area contributed by atoms with Crippen molar-refractivity contribution in [2.45, 2.75) is 13.2 Å². The normalized spacial score (nSPS) is 11.0. The number of hydrogen-bond acceptors (Lipinski definition) is 8.